The van der Waals surface area contributed by atoms with Crippen LogP contribution in [0, 0.1) is 6.07 Å². The standard InChI is InChI=1S/C68H59N4O2.Pt/c1-66(2,3)47-38-45(37-46(39-47)64-69-56-36-35-53-52-26-17-19-30-59(52)74-63(53)61(56)71(64)49-33-31-43(32-34-49)42-21-12-10-13-22-42)51-27-20-29-58-60(51)70-65(54-40-48(67(4,5)6)41-55(62(54)73)68(7,8)9)72(58)57-28-18-16-25-50(57)44-23-14-11-15-24-44;/h10-36,38-41,73H,1-9H3;/q-1;. The fourth-order valence-corrected chi connectivity index (χ4v) is 10.6. The number of furan rings is 1. The molecule has 0 amide bonds. The van der Waals surface area contributed by atoms with Crippen molar-refractivity contribution < 1.29 is 30.6 Å². The van der Waals surface area contributed by atoms with Crippen LogP contribution in [-0.4, -0.2) is 24.2 Å². The van der Waals surface area contributed by atoms with E-state index in [-0.39, 0.29) is 43.1 Å². The first-order chi connectivity index (χ1) is 35.5. The Bertz CT molecular complexity index is 4120. The maximum atomic E-state index is 12.6. The van der Waals surface area contributed by atoms with Crippen LogP contribution in [-0.2, 0) is 37.3 Å². The largest absolute Gasteiger partial charge is 0.507 e. The van der Waals surface area contributed by atoms with E-state index < -0.39 is 0 Å². The minimum atomic E-state index is -0.348. The van der Waals surface area contributed by atoms with Gasteiger partial charge in [-0.25, -0.2) is 4.98 Å². The number of phenolic OH excluding ortho intramolecular Hbond substituents is 1. The second-order valence-corrected chi connectivity index (χ2v) is 22.8. The molecule has 75 heavy (non-hydrogen) atoms. The number of hydrogen-bond donors (Lipinski definition) is 1. The molecule has 12 aromatic rings. The number of imidazole rings is 2. The van der Waals surface area contributed by atoms with Gasteiger partial charge in [0.15, 0.2) is 5.58 Å². The molecule has 0 aliphatic rings. The van der Waals surface area contributed by atoms with Gasteiger partial charge in [0.1, 0.15) is 22.7 Å². The molecule has 12 rings (SSSR count). The fraction of sp³-hybridized carbons (Fsp3) is 0.176. The van der Waals surface area contributed by atoms with Crippen LogP contribution < -0.4 is 0 Å². The minimum Gasteiger partial charge on any atom is -0.507 e. The van der Waals surface area contributed by atoms with Crippen LogP contribution in [0.4, 0.5) is 0 Å². The SMILES string of the molecule is CC(C)(C)c1cc(-c2cccc3c2nc(-c2cc(C(C)(C)C)cc(C(C)(C)C)c2O)n3-c2ccccc2-c2ccccc2)[c-]c(-c2nc3ccc4c5ccccc5oc4c3n2-c2ccc(-c3ccccc3)cc2)c1.[Pt]. The van der Waals surface area contributed by atoms with Crippen LogP contribution in [0.3, 0.4) is 0 Å². The van der Waals surface area contributed by atoms with Gasteiger partial charge in [-0.1, -0.05) is 201 Å². The van der Waals surface area contributed by atoms with E-state index in [2.05, 4.69) is 241 Å². The van der Waals surface area contributed by atoms with Gasteiger partial charge in [-0.15, -0.1) is 29.3 Å². The van der Waals surface area contributed by atoms with Crippen LogP contribution >= 0.6 is 0 Å². The third-order valence-corrected chi connectivity index (χ3v) is 14.6. The third kappa shape index (κ3) is 8.69. The number of aromatic nitrogens is 4. The van der Waals surface area contributed by atoms with E-state index >= 15 is 0 Å². The molecule has 0 unspecified atom stereocenters. The van der Waals surface area contributed by atoms with Crippen LogP contribution in [0.2, 0.25) is 0 Å². The predicted molar refractivity (Wildman–Crippen MR) is 307 cm³/mol. The summed E-state index contributed by atoms with van der Waals surface area (Å²) in [4.78, 5) is 11.2. The summed E-state index contributed by atoms with van der Waals surface area (Å²) in [6.45, 7) is 19.9. The Labute approximate surface area is 453 Å². The predicted octanol–water partition coefficient (Wildman–Crippen LogP) is 18.0. The van der Waals surface area contributed by atoms with E-state index in [9.17, 15) is 5.11 Å². The van der Waals surface area contributed by atoms with Crippen molar-refractivity contribution in [1.82, 2.24) is 19.1 Å². The summed E-state index contributed by atoms with van der Waals surface area (Å²) in [7, 11) is 0. The molecule has 0 bridgehead atoms. The third-order valence-electron chi connectivity index (χ3n) is 14.6. The molecule has 3 heterocycles. The van der Waals surface area contributed by atoms with Gasteiger partial charge in [-0.05, 0) is 87.0 Å². The molecule has 6 nitrogen and oxygen atoms in total. The van der Waals surface area contributed by atoms with Crippen molar-refractivity contribution in [1.29, 1.82) is 0 Å². The summed E-state index contributed by atoms with van der Waals surface area (Å²) < 4.78 is 11.3. The van der Waals surface area contributed by atoms with Crippen molar-refractivity contribution in [3.63, 3.8) is 0 Å². The number of para-hydroxylation sites is 3. The van der Waals surface area contributed by atoms with E-state index in [0.717, 1.165) is 117 Å². The fourth-order valence-electron chi connectivity index (χ4n) is 10.6. The molecule has 0 saturated heterocycles. The number of aromatic hydroxyl groups is 1. The molecule has 0 aliphatic heterocycles. The number of rotatable bonds is 7. The van der Waals surface area contributed by atoms with Crippen molar-refractivity contribution in [2.24, 2.45) is 0 Å². The van der Waals surface area contributed by atoms with Gasteiger partial charge in [0.2, 0.25) is 0 Å². The number of nitrogens with zero attached hydrogens (tertiary/aromatic N) is 4. The molecule has 374 valence electrons. The monoisotopic (exact) mass is 1160 g/mol. The summed E-state index contributed by atoms with van der Waals surface area (Å²) in [6.07, 6.45) is 0. The molecule has 0 radical (unpaired) electrons. The van der Waals surface area contributed by atoms with Gasteiger partial charge in [0.05, 0.1) is 33.6 Å². The van der Waals surface area contributed by atoms with Crippen LogP contribution in [0.1, 0.15) is 79.0 Å². The first-order valence-corrected chi connectivity index (χ1v) is 25.6. The number of fused-ring (bicyclic) bond motifs is 6. The normalized spacial score (nSPS) is 12.3. The summed E-state index contributed by atoms with van der Waals surface area (Å²) in [6, 6.07) is 69.9. The van der Waals surface area contributed by atoms with Crippen molar-refractivity contribution in [3.8, 4) is 73.3 Å². The zero-order chi connectivity index (χ0) is 51.3. The van der Waals surface area contributed by atoms with Crippen molar-refractivity contribution in [2.75, 3.05) is 0 Å². The van der Waals surface area contributed by atoms with Gasteiger partial charge in [0, 0.05) is 48.7 Å². The molecule has 0 aliphatic carbocycles. The Morgan fingerprint density at radius 1 is 0.480 bits per heavy atom. The van der Waals surface area contributed by atoms with E-state index in [1.165, 1.54) is 0 Å². The van der Waals surface area contributed by atoms with Crippen molar-refractivity contribution in [2.45, 2.75) is 78.6 Å². The summed E-state index contributed by atoms with van der Waals surface area (Å²) in [5.74, 6) is 1.65. The summed E-state index contributed by atoms with van der Waals surface area (Å²) >= 11 is 0. The Kier molecular flexibility index (Phi) is 12.2. The Balaban J connectivity index is 0.00000602. The summed E-state index contributed by atoms with van der Waals surface area (Å²) in [5.41, 5.74) is 17.0. The maximum absolute atomic E-state index is 12.6. The number of phenols is 1. The average molecular weight is 1160 g/mol. The Morgan fingerprint density at radius 3 is 1.80 bits per heavy atom. The maximum Gasteiger partial charge on any atom is 0.161 e. The molecule has 0 atom stereocenters. The van der Waals surface area contributed by atoms with Crippen molar-refractivity contribution >= 4 is 44.0 Å². The number of hydrogen-bond acceptors (Lipinski definition) is 4. The minimum absolute atomic E-state index is 0. The van der Waals surface area contributed by atoms with E-state index in [4.69, 9.17) is 14.4 Å². The second-order valence-electron chi connectivity index (χ2n) is 22.8. The number of benzene rings is 9. The zero-order valence-corrected chi connectivity index (χ0v) is 46.1. The smallest absolute Gasteiger partial charge is 0.161 e. The van der Waals surface area contributed by atoms with E-state index in [1.807, 2.05) is 24.3 Å². The first kappa shape index (κ1) is 49.4. The molecular formula is C68H59N4O2Pt-. The Hall–Kier alpha value is -7.79. The van der Waals surface area contributed by atoms with Gasteiger partial charge in [0.25, 0.3) is 0 Å². The van der Waals surface area contributed by atoms with Gasteiger partial charge < -0.3 is 14.1 Å². The molecule has 1 N–H and O–H groups in total. The molecule has 3 aromatic heterocycles. The average Bonchev–Trinajstić information content (AvgIpc) is 4.10. The molecule has 0 fully saturated rings. The van der Waals surface area contributed by atoms with Crippen molar-refractivity contribution in [3.05, 3.63) is 211 Å². The quantitative estimate of drug-likeness (QED) is 0.162. The van der Waals surface area contributed by atoms with Crippen LogP contribution in [0.15, 0.2) is 192 Å². The van der Waals surface area contributed by atoms with E-state index in [1.54, 1.807) is 0 Å². The molecular weight excluding hydrogens is 1100 g/mol. The van der Waals surface area contributed by atoms with Gasteiger partial charge in [-0.3, -0.25) is 9.55 Å². The van der Waals surface area contributed by atoms with Gasteiger partial charge >= 0.3 is 0 Å². The van der Waals surface area contributed by atoms with Crippen LogP contribution in [0.25, 0.3) is 112 Å². The van der Waals surface area contributed by atoms with Crippen LogP contribution in [0.5, 0.6) is 5.75 Å². The molecule has 9 aromatic carbocycles. The zero-order valence-electron chi connectivity index (χ0n) is 43.9. The molecule has 7 heteroatoms. The summed E-state index contributed by atoms with van der Waals surface area (Å²) in [5, 5.41) is 14.7. The first-order valence-electron chi connectivity index (χ1n) is 25.6. The second kappa shape index (κ2) is 18.5. The Morgan fingerprint density at radius 2 is 1.09 bits per heavy atom. The molecule has 0 spiro atoms. The van der Waals surface area contributed by atoms with E-state index in [0.29, 0.717) is 11.4 Å². The molecule has 0 saturated carbocycles. The van der Waals surface area contributed by atoms with Gasteiger partial charge in [-0.2, -0.15) is 0 Å². The topological polar surface area (TPSA) is 69.0 Å².